The molecule has 2 heterocycles. The van der Waals surface area contributed by atoms with E-state index in [9.17, 15) is 4.79 Å². The molecule has 0 spiro atoms. The van der Waals surface area contributed by atoms with Gasteiger partial charge in [0.25, 0.3) is 0 Å². The van der Waals surface area contributed by atoms with Gasteiger partial charge in [-0.05, 0) is 48.6 Å². The highest BCUT2D eigenvalue weighted by Crippen LogP contribution is 2.56. The number of fused-ring (bicyclic) bond motifs is 3. The first-order valence-corrected chi connectivity index (χ1v) is 10.9. The van der Waals surface area contributed by atoms with Gasteiger partial charge in [-0.15, -0.1) is 0 Å². The minimum absolute atomic E-state index is 0.0637. The third-order valence-corrected chi connectivity index (χ3v) is 7.46. The molecule has 2 aliphatic heterocycles. The molecule has 0 aromatic heterocycles. The molecule has 162 valence electrons. The highest BCUT2D eigenvalue weighted by molar-refractivity contribution is 5.89. The molecule has 0 N–H and O–H groups in total. The van der Waals surface area contributed by atoms with E-state index < -0.39 is 0 Å². The number of benzene rings is 2. The van der Waals surface area contributed by atoms with Gasteiger partial charge in [0.15, 0.2) is 11.5 Å². The van der Waals surface area contributed by atoms with Gasteiger partial charge in [-0.2, -0.15) is 0 Å². The van der Waals surface area contributed by atoms with Crippen LogP contribution in [-0.2, 0) is 9.47 Å². The number of rotatable bonds is 4. The van der Waals surface area contributed by atoms with Crippen LogP contribution in [-0.4, -0.2) is 26.0 Å². The van der Waals surface area contributed by atoms with Crippen LogP contribution in [0.15, 0.2) is 60.2 Å². The SMILES string of the molecule is CC1=C[C@H](C)[C@@]2(COC(=O)c3ccccc3)CO[C@@H](c3ccc4c(c3)OCO4)[C@@H]1[C@H]2C. The highest BCUT2D eigenvalue weighted by atomic mass is 16.7. The van der Waals surface area contributed by atoms with Crippen LogP contribution in [0.1, 0.15) is 42.8 Å². The Hall–Kier alpha value is -2.79. The van der Waals surface area contributed by atoms with Crippen LogP contribution in [0.25, 0.3) is 0 Å². The summed E-state index contributed by atoms with van der Waals surface area (Å²) in [4.78, 5) is 12.6. The molecule has 5 heteroatoms. The number of carbonyl (C=O) groups is 1. The van der Waals surface area contributed by atoms with Crippen LogP contribution in [0.5, 0.6) is 11.5 Å². The van der Waals surface area contributed by atoms with Crippen molar-refractivity contribution < 1.29 is 23.7 Å². The summed E-state index contributed by atoms with van der Waals surface area (Å²) in [5, 5.41) is 0. The first kappa shape index (κ1) is 20.1. The molecule has 0 unspecified atom stereocenters. The number of ether oxygens (including phenoxy) is 4. The van der Waals surface area contributed by atoms with Crippen LogP contribution >= 0.6 is 0 Å². The Morgan fingerprint density at radius 1 is 1.10 bits per heavy atom. The molecular weight excluding hydrogens is 392 g/mol. The molecule has 2 aromatic carbocycles. The number of esters is 1. The van der Waals surface area contributed by atoms with E-state index in [1.165, 1.54) is 5.57 Å². The average Bonchev–Trinajstić information content (AvgIpc) is 3.25. The van der Waals surface area contributed by atoms with E-state index in [4.69, 9.17) is 18.9 Å². The van der Waals surface area contributed by atoms with Gasteiger partial charge >= 0.3 is 5.97 Å². The largest absolute Gasteiger partial charge is 0.461 e. The number of carbonyl (C=O) groups excluding carboxylic acids is 1. The molecule has 0 saturated carbocycles. The van der Waals surface area contributed by atoms with Gasteiger partial charge in [0.1, 0.15) is 6.61 Å². The summed E-state index contributed by atoms with van der Waals surface area (Å²) in [7, 11) is 0. The zero-order valence-electron chi connectivity index (χ0n) is 18.2. The summed E-state index contributed by atoms with van der Waals surface area (Å²) in [6.07, 6.45) is 2.27. The maximum absolute atomic E-state index is 12.6. The fourth-order valence-electron chi connectivity index (χ4n) is 5.51. The van der Waals surface area contributed by atoms with Gasteiger partial charge < -0.3 is 18.9 Å². The lowest BCUT2D eigenvalue weighted by molar-refractivity contribution is -0.166. The molecule has 1 saturated heterocycles. The van der Waals surface area contributed by atoms with Gasteiger partial charge in [0, 0.05) is 11.3 Å². The van der Waals surface area contributed by atoms with Crippen LogP contribution in [0.3, 0.4) is 0 Å². The Labute approximate surface area is 183 Å². The second-order valence-electron chi connectivity index (χ2n) is 9.03. The second kappa shape index (κ2) is 7.72. The van der Waals surface area contributed by atoms with E-state index in [0.29, 0.717) is 24.7 Å². The molecule has 5 nitrogen and oxygen atoms in total. The fourth-order valence-corrected chi connectivity index (χ4v) is 5.51. The lowest BCUT2D eigenvalue weighted by Crippen LogP contribution is -2.54. The zero-order chi connectivity index (χ0) is 21.6. The van der Waals surface area contributed by atoms with Crippen LogP contribution < -0.4 is 9.47 Å². The maximum Gasteiger partial charge on any atom is 0.338 e. The first-order chi connectivity index (χ1) is 15.0. The van der Waals surface area contributed by atoms with E-state index in [-0.39, 0.29) is 36.1 Å². The molecule has 31 heavy (non-hydrogen) atoms. The molecule has 5 rings (SSSR count). The van der Waals surface area contributed by atoms with E-state index in [0.717, 1.165) is 17.1 Å². The van der Waals surface area contributed by atoms with Crippen LogP contribution in [0.2, 0.25) is 0 Å². The summed E-state index contributed by atoms with van der Waals surface area (Å²) in [5.74, 6) is 2.02. The maximum atomic E-state index is 12.6. The van der Waals surface area contributed by atoms with Crippen molar-refractivity contribution in [1.82, 2.24) is 0 Å². The molecule has 0 amide bonds. The Balaban J connectivity index is 1.40. The molecule has 5 atom stereocenters. The number of allylic oxidation sites excluding steroid dienone is 1. The normalized spacial score (nSPS) is 31.1. The Morgan fingerprint density at radius 3 is 2.68 bits per heavy atom. The minimum atomic E-state index is -0.282. The molecule has 0 radical (unpaired) electrons. The smallest absolute Gasteiger partial charge is 0.338 e. The number of hydrogen-bond donors (Lipinski definition) is 0. The average molecular weight is 421 g/mol. The molecule has 3 aliphatic rings. The third-order valence-electron chi connectivity index (χ3n) is 7.46. The summed E-state index contributed by atoms with van der Waals surface area (Å²) in [5.41, 5.74) is 2.75. The third kappa shape index (κ3) is 3.32. The van der Waals surface area contributed by atoms with E-state index in [1.807, 2.05) is 30.3 Å². The highest BCUT2D eigenvalue weighted by Gasteiger charge is 2.54. The van der Waals surface area contributed by atoms with Crippen molar-refractivity contribution >= 4 is 5.97 Å². The molecule has 2 aromatic rings. The van der Waals surface area contributed by atoms with Gasteiger partial charge in [-0.1, -0.05) is 49.8 Å². The fraction of sp³-hybridized carbons (Fsp3) is 0.423. The van der Waals surface area contributed by atoms with Crippen molar-refractivity contribution in [2.24, 2.45) is 23.2 Å². The van der Waals surface area contributed by atoms with Crippen molar-refractivity contribution in [1.29, 1.82) is 0 Å². The Morgan fingerprint density at radius 2 is 1.87 bits per heavy atom. The summed E-state index contributed by atoms with van der Waals surface area (Å²) in [6.45, 7) is 7.81. The van der Waals surface area contributed by atoms with Crippen molar-refractivity contribution in [3.8, 4) is 11.5 Å². The van der Waals surface area contributed by atoms with Crippen molar-refractivity contribution in [3.05, 3.63) is 71.3 Å². The van der Waals surface area contributed by atoms with E-state index in [2.05, 4.69) is 32.9 Å². The predicted molar refractivity (Wildman–Crippen MR) is 116 cm³/mol. The van der Waals surface area contributed by atoms with E-state index in [1.54, 1.807) is 12.1 Å². The van der Waals surface area contributed by atoms with Gasteiger partial charge in [0.05, 0.1) is 18.3 Å². The lowest BCUT2D eigenvalue weighted by atomic mass is 9.56. The summed E-state index contributed by atoms with van der Waals surface area (Å²) in [6, 6.07) is 15.2. The van der Waals surface area contributed by atoms with E-state index >= 15 is 0 Å². The Bertz CT molecular complexity index is 1010. The molecule has 1 fully saturated rings. The predicted octanol–water partition coefficient (Wildman–Crippen LogP) is 5.18. The standard InChI is InChI=1S/C26H28O5/c1-16-11-17(2)26(14-29-25(27)19-7-5-4-6-8-19)13-28-24(23(16)18(26)3)20-9-10-21-22(12-20)31-15-30-21/h4-12,17-18,23-24H,13-15H2,1-3H3/t17-,18+,23-,24-,26-/m0/s1. The molecular formula is C26H28O5. The Kier molecular flexibility index (Phi) is 5.01. The molecule has 1 aliphatic carbocycles. The number of hydrogen-bond acceptors (Lipinski definition) is 5. The second-order valence-corrected chi connectivity index (χ2v) is 9.03. The van der Waals surface area contributed by atoms with Gasteiger partial charge in [0.2, 0.25) is 6.79 Å². The quantitative estimate of drug-likeness (QED) is 0.504. The zero-order valence-corrected chi connectivity index (χ0v) is 18.2. The first-order valence-electron chi connectivity index (χ1n) is 10.9. The minimum Gasteiger partial charge on any atom is -0.461 e. The lowest BCUT2D eigenvalue weighted by Gasteiger charge is -2.55. The van der Waals surface area contributed by atoms with Gasteiger partial charge in [-0.25, -0.2) is 4.79 Å². The van der Waals surface area contributed by atoms with Crippen molar-refractivity contribution in [3.63, 3.8) is 0 Å². The van der Waals surface area contributed by atoms with Crippen LogP contribution in [0, 0.1) is 23.2 Å². The van der Waals surface area contributed by atoms with Crippen molar-refractivity contribution in [2.45, 2.75) is 26.9 Å². The van der Waals surface area contributed by atoms with Crippen LogP contribution in [0.4, 0.5) is 0 Å². The topological polar surface area (TPSA) is 54.0 Å². The molecule has 2 bridgehead atoms. The monoisotopic (exact) mass is 420 g/mol. The van der Waals surface area contributed by atoms with Crippen molar-refractivity contribution in [2.75, 3.05) is 20.0 Å². The summed E-state index contributed by atoms with van der Waals surface area (Å²) >= 11 is 0. The van der Waals surface area contributed by atoms with Gasteiger partial charge in [-0.3, -0.25) is 0 Å². The summed E-state index contributed by atoms with van der Waals surface area (Å²) < 4.78 is 23.4.